The highest BCUT2D eigenvalue weighted by Crippen LogP contribution is 2.33. The molecule has 12 heteroatoms. The van der Waals surface area contributed by atoms with Gasteiger partial charge in [-0.1, -0.05) is 17.7 Å². The normalized spacial score (nSPS) is 10.8. The third kappa shape index (κ3) is 10.4. The van der Waals surface area contributed by atoms with Gasteiger partial charge in [0.1, 0.15) is 0 Å². The van der Waals surface area contributed by atoms with E-state index in [0.29, 0.717) is 50.9 Å². The summed E-state index contributed by atoms with van der Waals surface area (Å²) in [6, 6.07) is 10.1. The number of amides is 3. The first-order chi connectivity index (χ1) is 17.2. The largest absolute Gasteiger partial charge is 0.493 e. The van der Waals surface area contributed by atoms with E-state index in [9.17, 15) is 14.4 Å². The van der Waals surface area contributed by atoms with Crippen LogP contribution in [0.25, 0.3) is 0 Å². The van der Waals surface area contributed by atoms with Gasteiger partial charge in [-0.25, -0.2) is 5.43 Å². The maximum absolute atomic E-state index is 12.2. The third-order valence-electron chi connectivity index (χ3n) is 4.35. The van der Waals surface area contributed by atoms with E-state index in [1.807, 2.05) is 36.4 Å². The molecule has 0 saturated carbocycles. The van der Waals surface area contributed by atoms with Gasteiger partial charge in [0.2, 0.25) is 0 Å². The highest BCUT2D eigenvalue weighted by Gasteiger charge is 2.14. The average Bonchev–Trinajstić information content (AvgIpc) is 2.82. The number of nitrogens with zero attached hydrogens (tertiary/aromatic N) is 1. The number of nitrogens with one attached hydrogen (secondary N) is 3. The summed E-state index contributed by atoms with van der Waals surface area (Å²) in [5.41, 5.74) is 3.32. The van der Waals surface area contributed by atoms with Gasteiger partial charge < -0.3 is 24.8 Å². The smallest absolute Gasteiger partial charge is 0.329 e. The number of hydrogen-bond donors (Lipinski definition) is 3. The van der Waals surface area contributed by atoms with Crippen LogP contribution < -0.4 is 25.5 Å². The van der Waals surface area contributed by atoms with E-state index in [1.54, 1.807) is 36.4 Å². The Morgan fingerprint density at radius 2 is 1.94 bits per heavy atom. The molecule has 0 aliphatic carbocycles. The number of hydrazone groups is 1. The zero-order chi connectivity index (χ0) is 26.5. The van der Waals surface area contributed by atoms with Crippen LogP contribution in [0.1, 0.15) is 25.8 Å². The van der Waals surface area contributed by atoms with E-state index < -0.39 is 11.8 Å². The van der Waals surface area contributed by atoms with Crippen LogP contribution in [0.3, 0.4) is 0 Å². The number of hydrogen-bond acceptors (Lipinski definition) is 7. The highest BCUT2D eigenvalue weighted by atomic mass is 127. The molecular formula is C24H28ClIN4O6. The van der Waals surface area contributed by atoms with Gasteiger partial charge in [-0.15, -0.1) is 0 Å². The van der Waals surface area contributed by atoms with Gasteiger partial charge in [-0.2, -0.15) is 5.10 Å². The Morgan fingerprint density at radius 1 is 1.17 bits per heavy atom. The minimum atomic E-state index is -0.886. The lowest BCUT2D eigenvalue weighted by Gasteiger charge is -2.13. The van der Waals surface area contributed by atoms with Gasteiger partial charge in [0, 0.05) is 23.9 Å². The second-order valence-corrected chi connectivity index (χ2v) is 9.21. The molecule has 0 aliphatic rings. The molecule has 194 valence electrons. The summed E-state index contributed by atoms with van der Waals surface area (Å²) in [5, 5.41) is 9.52. The van der Waals surface area contributed by atoms with Crippen LogP contribution in [0.2, 0.25) is 5.02 Å². The molecule has 2 rings (SSSR count). The van der Waals surface area contributed by atoms with Gasteiger partial charge >= 0.3 is 11.8 Å². The van der Waals surface area contributed by atoms with Crippen LogP contribution in [0, 0.1) is 3.57 Å². The molecule has 0 unspecified atom stereocenters. The van der Waals surface area contributed by atoms with Crippen molar-refractivity contribution in [3.63, 3.8) is 0 Å². The van der Waals surface area contributed by atoms with E-state index in [4.69, 9.17) is 25.8 Å². The number of carbonyl (C=O) groups excluding carboxylic acids is 3. The molecule has 0 spiro atoms. The lowest BCUT2D eigenvalue weighted by molar-refractivity contribution is -0.139. The van der Waals surface area contributed by atoms with Crippen LogP contribution in [0.5, 0.6) is 11.5 Å². The van der Waals surface area contributed by atoms with Crippen molar-refractivity contribution in [2.24, 2.45) is 5.10 Å². The molecule has 10 nitrogen and oxygen atoms in total. The number of rotatable bonds is 12. The predicted molar refractivity (Wildman–Crippen MR) is 146 cm³/mol. The van der Waals surface area contributed by atoms with Gasteiger partial charge in [0.05, 0.1) is 23.0 Å². The fourth-order valence-electron chi connectivity index (χ4n) is 2.75. The van der Waals surface area contributed by atoms with Crippen LogP contribution >= 0.6 is 34.2 Å². The standard InChI is InChI=1S/C24H28ClIN4O6/c1-15(2)35-9-5-8-27-23(32)24(33)30-28-13-16-10-19(26)22(20(11-16)34-3)36-14-21(31)29-18-7-4-6-17(25)12-18/h4,6-7,10-13,15H,5,8-9,14H2,1-3H3,(H,27,32)(H,29,31)(H,30,33)/b28-13-. The van der Waals surface area contributed by atoms with Crippen LogP contribution in [-0.4, -0.2) is 56.9 Å². The summed E-state index contributed by atoms with van der Waals surface area (Å²) in [6.07, 6.45) is 2.07. The molecule has 0 saturated heterocycles. The molecule has 36 heavy (non-hydrogen) atoms. The summed E-state index contributed by atoms with van der Waals surface area (Å²) >= 11 is 7.96. The van der Waals surface area contributed by atoms with E-state index in [0.717, 1.165) is 0 Å². The molecule has 0 aliphatic heterocycles. The summed E-state index contributed by atoms with van der Waals surface area (Å²) in [6.45, 7) is 4.40. The maximum Gasteiger partial charge on any atom is 0.329 e. The Bertz CT molecular complexity index is 1100. The first-order valence-corrected chi connectivity index (χ1v) is 12.4. The van der Waals surface area contributed by atoms with Crippen molar-refractivity contribution in [1.29, 1.82) is 0 Å². The Balaban J connectivity index is 1.88. The highest BCUT2D eigenvalue weighted by molar-refractivity contribution is 14.1. The van der Waals surface area contributed by atoms with E-state index in [1.165, 1.54) is 13.3 Å². The van der Waals surface area contributed by atoms with Crippen molar-refractivity contribution >= 4 is 63.8 Å². The second kappa shape index (κ2) is 15.3. The first kappa shape index (κ1) is 29.3. The number of benzene rings is 2. The van der Waals surface area contributed by atoms with Crippen LogP contribution in [-0.2, 0) is 19.1 Å². The lowest BCUT2D eigenvalue weighted by Crippen LogP contribution is -2.38. The number of carbonyl (C=O) groups is 3. The fourth-order valence-corrected chi connectivity index (χ4v) is 3.72. The molecule has 2 aromatic rings. The van der Waals surface area contributed by atoms with Gasteiger partial charge in [-0.05, 0) is 78.8 Å². The predicted octanol–water partition coefficient (Wildman–Crippen LogP) is 3.35. The second-order valence-electron chi connectivity index (χ2n) is 7.61. The SMILES string of the molecule is COc1cc(/C=N\NC(=O)C(=O)NCCCOC(C)C)cc(I)c1OCC(=O)Nc1cccc(Cl)c1. The molecule has 0 atom stereocenters. The van der Waals surface area contributed by atoms with Crippen molar-refractivity contribution in [3.8, 4) is 11.5 Å². The van der Waals surface area contributed by atoms with E-state index in [-0.39, 0.29) is 18.6 Å². The number of anilines is 1. The average molecular weight is 631 g/mol. The molecule has 0 aromatic heterocycles. The molecule has 0 fully saturated rings. The summed E-state index contributed by atoms with van der Waals surface area (Å²) in [7, 11) is 1.46. The third-order valence-corrected chi connectivity index (χ3v) is 5.39. The fraction of sp³-hybridized carbons (Fsp3) is 0.333. The lowest BCUT2D eigenvalue weighted by atomic mass is 10.2. The van der Waals surface area contributed by atoms with Crippen LogP contribution in [0.15, 0.2) is 41.5 Å². The Hall–Kier alpha value is -2.90. The number of methoxy groups -OCH3 is 1. The quantitative estimate of drug-likeness (QED) is 0.109. The van der Waals surface area contributed by atoms with E-state index in [2.05, 4.69) is 21.2 Å². The van der Waals surface area contributed by atoms with Crippen molar-refractivity contribution in [1.82, 2.24) is 10.7 Å². The van der Waals surface area contributed by atoms with Crippen molar-refractivity contribution in [3.05, 3.63) is 50.6 Å². The molecule has 0 heterocycles. The Labute approximate surface area is 228 Å². The zero-order valence-corrected chi connectivity index (χ0v) is 23.0. The summed E-state index contributed by atoms with van der Waals surface area (Å²) in [4.78, 5) is 36.0. The van der Waals surface area contributed by atoms with Gasteiger partial charge in [-0.3, -0.25) is 14.4 Å². The molecule has 3 amide bonds. The Morgan fingerprint density at radius 3 is 2.64 bits per heavy atom. The summed E-state index contributed by atoms with van der Waals surface area (Å²) < 4.78 is 17.1. The molecule has 3 N–H and O–H groups in total. The van der Waals surface area contributed by atoms with Crippen molar-refractivity contribution in [2.45, 2.75) is 26.4 Å². The molecule has 0 radical (unpaired) electrons. The minimum absolute atomic E-state index is 0.111. The Kier molecular flexibility index (Phi) is 12.4. The van der Waals surface area contributed by atoms with Crippen molar-refractivity contribution < 1.29 is 28.6 Å². The summed E-state index contributed by atoms with van der Waals surface area (Å²) in [5.74, 6) is -1.30. The first-order valence-electron chi connectivity index (χ1n) is 11.0. The number of halogens is 2. The molecule has 2 aromatic carbocycles. The minimum Gasteiger partial charge on any atom is -0.493 e. The van der Waals surface area contributed by atoms with E-state index >= 15 is 0 Å². The van der Waals surface area contributed by atoms with Crippen LogP contribution in [0.4, 0.5) is 5.69 Å². The molecule has 0 bridgehead atoms. The van der Waals surface area contributed by atoms with Gasteiger partial charge in [0.25, 0.3) is 5.91 Å². The van der Waals surface area contributed by atoms with Gasteiger partial charge in [0.15, 0.2) is 18.1 Å². The van der Waals surface area contributed by atoms with Crippen molar-refractivity contribution in [2.75, 3.05) is 32.2 Å². The zero-order valence-electron chi connectivity index (χ0n) is 20.1. The number of ether oxygens (including phenoxy) is 3. The monoisotopic (exact) mass is 630 g/mol. The topological polar surface area (TPSA) is 127 Å². The maximum atomic E-state index is 12.2. The molecular weight excluding hydrogens is 603 g/mol.